The molecule has 2 atom stereocenters. The lowest BCUT2D eigenvalue weighted by atomic mass is 9.90. The molecule has 0 radical (unpaired) electrons. The minimum atomic E-state index is -0.514. The van der Waals surface area contributed by atoms with E-state index in [4.69, 9.17) is 0 Å². The molecule has 0 saturated carbocycles. The Morgan fingerprint density at radius 3 is 2.44 bits per heavy atom. The maximum atomic E-state index is 10.5. The van der Waals surface area contributed by atoms with Crippen LogP contribution in [0.15, 0.2) is 42.6 Å². The molecule has 0 aliphatic heterocycles. The molecule has 0 aliphatic rings. The van der Waals surface area contributed by atoms with E-state index in [0.29, 0.717) is 0 Å². The van der Waals surface area contributed by atoms with Gasteiger partial charge in [-0.15, -0.1) is 0 Å². The van der Waals surface area contributed by atoms with Gasteiger partial charge in [0, 0.05) is 23.4 Å². The van der Waals surface area contributed by atoms with Gasteiger partial charge in [-0.2, -0.15) is 0 Å². The first kappa shape index (κ1) is 12.8. The molecule has 94 valence electrons. The number of nitrogens with zero attached hydrogens (tertiary/aromatic N) is 1. The highest BCUT2D eigenvalue weighted by atomic mass is 16.3. The van der Waals surface area contributed by atoms with E-state index in [-0.39, 0.29) is 5.92 Å². The molecule has 1 aromatic carbocycles. The molecule has 2 heteroatoms. The van der Waals surface area contributed by atoms with Gasteiger partial charge in [0.05, 0.1) is 6.10 Å². The van der Waals surface area contributed by atoms with Crippen LogP contribution in [0.5, 0.6) is 0 Å². The highest BCUT2D eigenvalue weighted by molar-refractivity contribution is 5.30. The zero-order valence-corrected chi connectivity index (χ0v) is 11.1. The van der Waals surface area contributed by atoms with E-state index < -0.39 is 6.10 Å². The summed E-state index contributed by atoms with van der Waals surface area (Å²) in [6.07, 6.45) is 1.32. The summed E-state index contributed by atoms with van der Waals surface area (Å²) in [6, 6.07) is 12.1. The lowest BCUT2D eigenvalue weighted by Gasteiger charge is -2.21. The SMILES string of the molecule is Cc1cnc(C)c(C(O)C(C)c2ccccc2)c1. The largest absolute Gasteiger partial charge is 0.388 e. The first-order valence-electron chi connectivity index (χ1n) is 6.25. The summed E-state index contributed by atoms with van der Waals surface area (Å²) in [7, 11) is 0. The number of aryl methyl sites for hydroxylation is 2. The van der Waals surface area contributed by atoms with E-state index >= 15 is 0 Å². The van der Waals surface area contributed by atoms with Crippen molar-refractivity contribution in [3.63, 3.8) is 0 Å². The van der Waals surface area contributed by atoms with Crippen LogP contribution in [0.2, 0.25) is 0 Å². The molecule has 0 spiro atoms. The zero-order valence-electron chi connectivity index (χ0n) is 11.1. The van der Waals surface area contributed by atoms with Crippen LogP contribution in [0.3, 0.4) is 0 Å². The van der Waals surface area contributed by atoms with Gasteiger partial charge in [0.15, 0.2) is 0 Å². The Bertz CT molecular complexity index is 522. The van der Waals surface area contributed by atoms with E-state index in [9.17, 15) is 5.11 Å². The number of benzene rings is 1. The number of aromatic nitrogens is 1. The molecule has 0 bridgehead atoms. The highest BCUT2D eigenvalue weighted by Crippen LogP contribution is 2.31. The molecule has 0 fully saturated rings. The Labute approximate surface area is 108 Å². The van der Waals surface area contributed by atoms with Gasteiger partial charge >= 0.3 is 0 Å². The monoisotopic (exact) mass is 241 g/mol. The standard InChI is InChI=1S/C16H19NO/c1-11-9-15(13(3)17-10-11)16(18)12(2)14-7-5-4-6-8-14/h4-10,12,16,18H,1-3H3. The molecule has 1 N–H and O–H groups in total. The van der Waals surface area contributed by atoms with Crippen molar-refractivity contribution in [3.05, 3.63) is 65.0 Å². The molecule has 18 heavy (non-hydrogen) atoms. The fourth-order valence-electron chi connectivity index (χ4n) is 2.17. The fourth-order valence-corrected chi connectivity index (χ4v) is 2.17. The van der Waals surface area contributed by atoms with Crippen molar-refractivity contribution < 1.29 is 5.11 Å². The van der Waals surface area contributed by atoms with Crippen LogP contribution in [0.4, 0.5) is 0 Å². The quantitative estimate of drug-likeness (QED) is 0.891. The molecule has 0 aliphatic carbocycles. The molecule has 1 aromatic heterocycles. The predicted molar refractivity (Wildman–Crippen MR) is 73.5 cm³/mol. The molecular formula is C16H19NO. The lowest BCUT2D eigenvalue weighted by Crippen LogP contribution is -2.10. The summed E-state index contributed by atoms with van der Waals surface area (Å²) < 4.78 is 0. The van der Waals surface area contributed by atoms with Crippen LogP contribution in [0.25, 0.3) is 0 Å². The minimum absolute atomic E-state index is 0.0634. The van der Waals surface area contributed by atoms with Gasteiger partial charge in [-0.05, 0) is 25.0 Å². The molecule has 2 rings (SSSR count). The van der Waals surface area contributed by atoms with Crippen LogP contribution in [0.1, 0.15) is 41.3 Å². The molecule has 2 aromatic rings. The Morgan fingerprint density at radius 1 is 1.11 bits per heavy atom. The smallest absolute Gasteiger partial charge is 0.0873 e. The van der Waals surface area contributed by atoms with Crippen molar-refractivity contribution in [2.24, 2.45) is 0 Å². The number of pyridine rings is 1. The Hall–Kier alpha value is -1.67. The molecule has 0 amide bonds. The van der Waals surface area contributed by atoms with Gasteiger partial charge < -0.3 is 5.11 Å². The van der Waals surface area contributed by atoms with Crippen molar-refractivity contribution in [2.45, 2.75) is 32.8 Å². The maximum absolute atomic E-state index is 10.5. The second-order valence-electron chi connectivity index (χ2n) is 4.83. The van der Waals surface area contributed by atoms with E-state index in [1.54, 1.807) is 0 Å². The Morgan fingerprint density at radius 2 is 1.78 bits per heavy atom. The third-order valence-corrected chi connectivity index (χ3v) is 3.38. The predicted octanol–water partition coefficient (Wildman–Crippen LogP) is 3.54. The van der Waals surface area contributed by atoms with Crippen molar-refractivity contribution in [2.75, 3.05) is 0 Å². The Kier molecular flexibility index (Phi) is 3.78. The molecule has 0 saturated heterocycles. The average molecular weight is 241 g/mol. The summed E-state index contributed by atoms with van der Waals surface area (Å²) in [5.41, 5.74) is 4.04. The molecular weight excluding hydrogens is 222 g/mol. The Balaban J connectivity index is 2.31. The maximum Gasteiger partial charge on any atom is 0.0873 e. The molecule has 1 heterocycles. The first-order chi connectivity index (χ1) is 8.59. The second kappa shape index (κ2) is 5.32. The van der Waals surface area contributed by atoms with Crippen LogP contribution in [-0.2, 0) is 0 Å². The van der Waals surface area contributed by atoms with Crippen molar-refractivity contribution in [1.82, 2.24) is 4.98 Å². The average Bonchev–Trinajstić information content (AvgIpc) is 2.41. The third-order valence-electron chi connectivity index (χ3n) is 3.38. The van der Waals surface area contributed by atoms with Crippen molar-refractivity contribution in [1.29, 1.82) is 0 Å². The first-order valence-corrected chi connectivity index (χ1v) is 6.25. The van der Waals surface area contributed by atoms with Gasteiger partial charge in [-0.1, -0.05) is 43.3 Å². The molecule has 2 unspecified atom stereocenters. The van der Waals surface area contributed by atoms with E-state index in [1.165, 1.54) is 0 Å². The summed E-state index contributed by atoms with van der Waals surface area (Å²) in [5, 5.41) is 10.5. The van der Waals surface area contributed by atoms with Crippen molar-refractivity contribution >= 4 is 0 Å². The third kappa shape index (κ3) is 2.59. The van der Waals surface area contributed by atoms with E-state index in [1.807, 2.05) is 63.4 Å². The van der Waals surface area contributed by atoms with Gasteiger partial charge in [-0.25, -0.2) is 0 Å². The van der Waals surface area contributed by atoms with Crippen LogP contribution < -0.4 is 0 Å². The van der Waals surface area contributed by atoms with Crippen LogP contribution in [0, 0.1) is 13.8 Å². The zero-order chi connectivity index (χ0) is 13.1. The van der Waals surface area contributed by atoms with Gasteiger partial charge in [0.2, 0.25) is 0 Å². The summed E-state index contributed by atoms with van der Waals surface area (Å²) >= 11 is 0. The normalized spacial score (nSPS) is 14.2. The minimum Gasteiger partial charge on any atom is -0.388 e. The summed E-state index contributed by atoms with van der Waals surface area (Å²) in [4.78, 5) is 4.32. The topological polar surface area (TPSA) is 33.1 Å². The second-order valence-corrected chi connectivity index (χ2v) is 4.83. The number of aliphatic hydroxyl groups excluding tert-OH is 1. The van der Waals surface area contributed by atoms with Crippen molar-refractivity contribution in [3.8, 4) is 0 Å². The number of aliphatic hydroxyl groups is 1. The van der Waals surface area contributed by atoms with Crippen LogP contribution >= 0.6 is 0 Å². The van der Waals surface area contributed by atoms with E-state index in [2.05, 4.69) is 4.98 Å². The number of rotatable bonds is 3. The molecule has 2 nitrogen and oxygen atoms in total. The number of hydrogen-bond acceptors (Lipinski definition) is 2. The van der Waals surface area contributed by atoms with E-state index in [0.717, 1.165) is 22.4 Å². The van der Waals surface area contributed by atoms with Crippen LogP contribution in [-0.4, -0.2) is 10.1 Å². The number of hydrogen-bond donors (Lipinski definition) is 1. The van der Waals surface area contributed by atoms with Gasteiger partial charge in [-0.3, -0.25) is 4.98 Å². The van der Waals surface area contributed by atoms with Gasteiger partial charge in [0.25, 0.3) is 0 Å². The van der Waals surface area contributed by atoms with Gasteiger partial charge in [0.1, 0.15) is 0 Å². The summed E-state index contributed by atoms with van der Waals surface area (Å²) in [6.45, 7) is 5.98. The fraction of sp³-hybridized carbons (Fsp3) is 0.312. The highest BCUT2D eigenvalue weighted by Gasteiger charge is 2.20. The lowest BCUT2D eigenvalue weighted by molar-refractivity contribution is 0.150. The summed E-state index contributed by atoms with van der Waals surface area (Å²) in [5.74, 6) is 0.0634.